The second-order valence-electron chi connectivity index (χ2n) is 2.89. The van der Waals surface area contributed by atoms with Gasteiger partial charge in [0.05, 0.1) is 0 Å². The van der Waals surface area contributed by atoms with Gasteiger partial charge in [0.25, 0.3) is 6.04 Å². The Kier molecular flexibility index (Phi) is 3.55. The molecule has 0 aliphatic heterocycles. The van der Waals surface area contributed by atoms with Gasteiger partial charge in [0.1, 0.15) is 12.7 Å². The zero-order chi connectivity index (χ0) is 10.6. The van der Waals surface area contributed by atoms with Gasteiger partial charge in [-0.05, 0) is 5.56 Å². The predicted octanol–water partition coefficient (Wildman–Crippen LogP) is 0.358. The van der Waals surface area contributed by atoms with Crippen LogP contribution in [0.1, 0.15) is 11.7 Å². The van der Waals surface area contributed by atoms with Crippen LogP contribution in [0.5, 0.6) is 0 Å². The summed E-state index contributed by atoms with van der Waals surface area (Å²) in [5.74, 6) is 0. The summed E-state index contributed by atoms with van der Waals surface area (Å²) in [5, 5.41) is 28.7. The van der Waals surface area contributed by atoms with Gasteiger partial charge in [0, 0.05) is 4.92 Å². The maximum Gasteiger partial charge on any atom is 0.265 e. The molecule has 5 nitrogen and oxygen atoms in total. The van der Waals surface area contributed by atoms with Gasteiger partial charge in [-0.15, -0.1) is 0 Å². The second kappa shape index (κ2) is 4.69. The van der Waals surface area contributed by atoms with Gasteiger partial charge in [-0.3, -0.25) is 10.1 Å². The summed E-state index contributed by atoms with van der Waals surface area (Å²) in [5.41, 5.74) is 0.434. The van der Waals surface area contributed by atoms with Gasteiger partial charge in [0.15, 0.2) is 0 Å². The molecule has 0 saturated carbocycles. The first-order valence-electron chi connectivity index (χ1n) is 4.14. The fourth-order valence-electron chi connectivity index (χ4n) is 1.15. The van der Waals surface area contributed by atoms with E-state index in [9.17, 15) is 15.2 Å². The fourth-order valence-corrected chi connectivity index (χ4v) is 1.15. The fraction of sp³-hybridized carbons (Fsp3) is 0.333. The van der Waals surface area contributed by atoms with E-state index >= 15 is 0 Å². The van der Waals surface area contributed by atoms with Crippen LogP contribution in [0.15, 0.2) is 30.3 Å². The number of nitrogens with zero attached hydrogens (tertiary/aromatic N) is 1. The van der Waals surface area contributed by atoms with Crippen LogP contribution < -0.4 is 0 Å². The number of aliphatic hydroxyl groups is 2. The Balaban J connectivity index is 2.83. The topological polar surface area (TPSA) is 83.6 Å². The summed E-state index contributed by atoms with van der Waals surface area (Å²) >= 11 is 0. The molecule has 14 heavy (non-hydrogen) atoms. The van der Waals surface area contributed by atoms with Crippen LogP contribution in [0.2, 0.25) is 0 Å². The minimum absolute atomic E-state index is 0.434. The van der Waals surface area contributed by atoms with E-state index in [0.717, 1.165) is 0 Å². The second-order valence-corrected chi connectivity index (χ2v) is 2.89. The van der Waals surface area contributed by atoms with Gasteiger partial charge in [-0.1, -0.05) is 30.3 Å². The Morgan fingerprint density at radius 1 is 1.36 bits per heavy atom. The molecule has 1 aromatic rings. The van der Waals surface area contributed by atoms with Crippen LogP contribution in [0.25, 0.3) is 0 Å². The van der Waals surface area contributed by atoms with E-state index in [0.29, 0.717) is 5.56 Å². The summed E-state index contributed by atoms with van der Waals surface area (Å²) in [4.78, 5) is 9.75. The molecule has 0 spiro atoms. The molecule has 76 valence electrons. The first-order chi connectivity index (χ1) is 6.66. The van der Waals surface area contributed by atoms with Gasteiger partial charge in [0.2, 0.25) is 0 Å². The first-order valence-corrected chi connectivity index (χ1v) is 4.14. The van der Waals surface area contributed by atoms with E-state index in [4.69, 9.17) is 5.11 Å². The Morgan fingerprint density at radius 3 is 2.36 bits per heavy atom. The Morgan fingerprint density at radius 2 is 1.93 bits per heavy atom. The van der Waals surface area contributed by atoms with Crippen molar-refractivity contribution in [2.75, 3.05) is 6.61 Å². The Labute approximate surface area is 80.8 Å². The van der Waals surface area contributed by atoms with Crippen molar-refractivity contribution in [1.29, 1.82) is 0 Å². The number of nitro groups is 1. The highest BCUT2D eigenvalue weighted by Gasteiger charge is 2.29. The van der Waals surface area contributed by atoms with E-state index in [1.165, 1.54) is 0 Å². The lowest BCUT2D eigenvalue weighted by molar-refractivity contribution is -0.539. The zero-order valence-corrected chi connectivity index (χ0v) is 7.41. The van der Waals surface area contributed by atoms with E-state index in [1.54, 1.807) is 30.3 Å². The summed E-state index contributed by atoms with van der Waals surface area (Å²) in [6, 6.07) is 6.89. The SMILES string of the molecule is O=[N+]([O-])C(CO)C(O)c1ccccc1. The first kappa shape index (κ1) is 10.6. The molecule has 2 N–H and O–H groups in total. The number of hydrogen-bond donors (Lipinski definition) is 2. The van der Waals surface area contributed by atoms with E-state index in [1.807, 2.05) is 0 Å². The van der Waals surface area contributed by atoms with Crippen LogP contribution in [-0.2, 0) is 0 Å². The van der Waals surface area contributed by atoms with Gasteiger partial charge in [-0.25, -0.2) is 0 Å². The molecule has 0 amide bonds. The molecule has 0 aromatic heterocycles. The molecular formula is C9H11NO4. The van der Waals surface area contributed by atoms with Crippen molar-refractivity contribution in [3.63, 3.8) is 0 Å². The maximum atomic E-state index is 10.4. The molecule has 0 aliphatic carbocycles. The predicted molar refractivity (Wildman–Crippen MR) is 49.3 cm³/mol. The number of rotatable bonds is 4. The van der Waals surface area contributed by atoms with Crippen LogP contribution in [0, 0.1) is 10.1 Å². The van der Waals surface area contributed by atoms with Crippen molar-refractivity contribution in [2.45, 2.75) is 12.1 Å². The summed E-state index contributed by atoms with van der Waals surface area (Å²) in [6.07, 6.45) is -1.27. The van der Waals surface area contributed by atoms with Crippen molar-refractivity contribution in [3.8, 4) is 0 Å². The molecule has 0 bridgehead atoms. The smallest absolute Gasteiger partial charge is 0.265 e. The van der Waals surface area contributed by atoms with Crippen LogP contribution in [0.4, 0.5) is 0 Å². The average Bonchev–Trinajstić information content (AvgIpc) is 2.19. The molecule has 2 unspecified atom stereocenters. The molecule has 0 aliphatic rings. The monoisotopic (exact) mass is 197 g/mol. The van der Waals surface area contributed by atoms with Crippen molar-refractivity contribution in [3.05, 3.63) is 46.0 Å². The van der Waals surface area contributed by atoms with Gasteiger partial charge < -0.3 is 10.2 Å². The molecule has 0 fully saturated rings. The third kappa shape index (κ3) is 2.27. The highest BCUT2D eigenvalue weighted by atomic mass is 16.6. The van der Waals surface area contributed by atoms with Crippen molar-refractivity contribution in [2.24, 2.45) is 0 Å². The quantitative estimate of drug-likeness (QED) is 0.539. The third-order valence-electron chi connectivity index (χ3n) is 1.96. The Bertz CT molecular complexity index is 301. The number of hydrogen-bond acceptors (Lipinski definition) is 4. The lowest BCUT2D eigenvalue weighted by Crippen LogP contribution is -2.31. The maximum absolute atomic E-state index is 10.4. The Hall–Kier alpha value is -1.46. The minimum atomic E-state index is -1.36. The third-order valence-corrected chi connectivity index (χ3v) is 1.96. The summed E-state index contributed by atoms with van der Waals surface area (Å²) in [6.45, 7) is -0.678. The molecule has 1 aromatic carbocycles. The molecule has 0 heterocycles. The molecule has 0 saturated heterocycles. The summed E-state index contributed by atoms with van der Waals surface area (Å²) in [7, 11) is 0. The highest BCUT2D eigenvalue weighted by Crippen LogP contribution is 2.17. The summed E-state index contributed by atoms with van der Waals surface area (Å²) < 4.78 is 0. The van der Waals surface area contributed by atoms with Crippen LogP contribution in [0.3, 0.4) is 0 Å². The molecule has 5 heteroatoms. The molecule has 2 atom stereocenters. The largest absolute Gasteiger partial charge is 0.389 e. The van der Waals surface area contributed by atoms with Crippen molar-refractivity contribution >= 4 is 0 Å². The van der Waals surface area contributed by atoms with Gasteiger partial charge >= 0.3 is 0 Å². The van der Waals surface area contributed by atoms with Gasteiger partial charge in [-0.2, -0.15) is 0 Å². The highest BCUT2D eigenvalue weighted by molar-refractivity contribution is 5.18. The van der Waals surface area contributed by atoms with E-state index in [-0.39, 0.29) is 0 Å². The van der Waals surface area contributed by atoms with Crippen molar-refractivity contribution < 1.29 is 15.1 Å². The number of aliphatic hydroxyl groups excluding tert-OH is 2. The molecule has 0 radical (unpaired) electrons. The minimum Gasteiger partial charge on any atom is -0.389 e. The molecule has 1 rings (SSSR count). The van der Waals surface area contributed by atoms with E-state index in [2.05, 4.69) is 0 Å². The normalized spacial score (nSPS) is 14.7. The zero-order valence-electron chi connectivity index (χ0n) is 7.41. The van der Waals surface area contributed by atoms with Crippen molar-refractivity contribution in [1.82, 2.24) is 0 Å². The standard InChI is InChI=1S/C9H11NO4/c11-6-8(10(13)14)9(12)7-4-2-1-3-5-7/h1-5,8-9,11-12H,6H2. The number of benzene rings is 1. The average molecular weight is 197 g/mol. The van der Waals surface area contributed by atoms with Crippen LogP contribution >= 0.6 is 0 Å². The van der Waals surface area contributed by atoms with Crippen LogP contribution in [-0.4, -0.2) is 27.8 Å². The van der Waals surface area contributed by atoms with E-state index < -0.39 is 23.7 Å². The molecular weight excluding hydrogens is 186 g/mol. The lowest BCUT2D eigenvalue weighted by Gasteiger charge is -2.13. The lowest BCUT2D eigenvalue weighted by atomic mass is 10.0.